The average molecular weight is 210 g/mol. The predicted octanol–water partition coefficient (Wildman–Crippen LogP) is 1.94. The molecule has 0 aliphatic heterocycles. The van der Waals surface area contributed by atoms with Gasteiger partial charge in [-0.3, -0.25) is 9.59 Å². The highest BCUT2D eigenvalue weighted by Gasteiger charge is 2.49. The van der Waals surface area contributed by atoms with Gasteiger partial charge in [-0.1, -0.05) is 0 Å². The smallest absolute Gasteiger partial charge is 0.310 e. The largest absolute Gasteiger partial charge is 0.460 e. The molecule has 0 N–H and O–H groups in total. The van der Waals surface area contributed by atoms with Crippen molar-refractivity contribution in [1.29, 1.82) is 0 Å². The lowest BCUT2D eigenvalue weighted by Crippen LogP contribution is -2.33. The maximum Gasteiger partial charge on any atom is 0.310 e. The van der Waals surface area contributed by atoms with Crippen LogP contribution < -0.4 is 0 Å². The number of ether oxygens (including phenoxy) is 1. The third-order valence-electron chi connectivity index (χ3n) is 3.27. The zero-order chi connectivity index (χ0) is 11.2. The van der Waals surface area contributed by atoms with Gasteiger partial charge in [0.1, 0.15) is 11.4 Å². The van der Waals surface area contributed by atoms with Crippen LogP contribution in [0.4, 0.5) is 0 Å². The molecule has 84 valence electrons. The van der Waals surface area contributed by atoms with Gasteiger partial charge < -0.3 is 4.74 Å². The number of ketones is 1. The second-order valence-corrected chi connectivity index (χ2v) is 5.75. The van der Waals surface area contributed by atoms with Crippen LogP contribution in [0.2, 0.25) is 0 Å². The minimum absolute atomic E-state index is 0.0372. The second kappa shape index (κ2) is 3.32. The number of carbonyl (C=O) groups excluding carboxylic acids is 2. The maximum atomic E-state index is 11.8. The molecule has 0 aromatic carbocycles. The molecular weight excluding hydrogens is 192 g/mol. The van der Waals surface area contributed by atoms with Crippen LogP contribution >= 0.6 is 0 Å². The molecule has 3 nitrogen and oxygen atoms in total. The summed E-state index contributed by atoms with van der Waals surface area (Å²) in [6.07, 6.45) is 2.44. The molecule has 0 aromatic heterocycles. The van der Waals surface area contributed by atoms with Crippen LogP contribution in [0.15, 0.2) is 0 Å². The fraction of sp³-hybridized carbons (Fsp3) is 0.833. The molecule has 0 spiro atoms. The summed E-state index contributed by atoms with van der Waals surface area (Å²) in [5, 5.41) is 0. The Kier molecular flexibility index (Phi) is 2.36. The number of esters is 1. The third kappa shape index (κ3) is 2.06. The van der Waals surface area contributed by atoms with E-state index in [4.69, 9.17) is 4.74 Å². The van der Waals surface area contributed by atoms with Gasteiger partial charge in [-0.05, 0) is 39.5 Å². The van der Waals surface area contributed by atoms with E-state index < -0.39 is 5.60 Å². The molecule has 0 saturated heterocycles. The first-order chi connectivity index (χ1) is 6.87. The van der Waals surface area contributed by atoms with Gasteiger partial charge in [0.05, 0.1) is 5.92 Å². The Morgan fingerprint density at radius 2 is 2.00 bits per heavy atom. The van der Waals surface area contributed by atoms with Crippen molar-refractivity contribution in [1.82, 2.24) is 0 Å². The number of carbonyl (C=O) groups is 2. The van der Waals surface area contributed by atoms with E-state index in [-0.39, 0.29) is 23.6 Å². The Labute approximate surface area is 90.2 Å². The molecule has 2 saturated carbocycles. The SMILES string of the molecule is CC(C)(C)OC(=O)[C@@H]1C[C@@H]2CC(=O)[C@H]1C2. The van der Waals surface area contributed by atoms with Crippen molar-refractivity contribution in [3.63, 3.8) is 0 Å². The number of hydrogen-bond donors (Lipinski definition) is 0. The third-order valence-corrected chi connectivity index (χ3v) is 3.27. The van der Waals surface area contributed by atoms with Crippen LogP contribution in [0.5, 0.6) is 0 Å². The molecule has 2 bridgehead atoms. The minimum atomic E-state index is -0.442. The molecule has 0 unspecified atom stereocenters. The molecule has 15 heavy (non-hydrogen) atoms. The molecule has 0 amide bonds. The van der Waals surface area contributed by atoms with Crippen molar-refractivity contribution >= 4 is 11.8 Å². The van der Waals surface area contributed by atoms with Crippen LogP contribution in [0.3, 0.4) is 0 Å². The molecule has 0 radical (unpaired) electrons. The van der Waals surface area contributed by atoms with Crippen molar-refractivity contribution in [2.24, 2.45) is 17.8 Å². The van der Waals surface area contributed by atoms with Crippen molar-refractivity contribution in [3.05, 3.63) is 0 Å². The van der Waals surface area contributed by atoms with E-state index in [1.54, 1.807) is 0 Å². The highest BCUT2D eigenvalue weighted by Crippen LogP contribution is 2.46. The molecule has 2 aliphatic carbocycles. The summed E-state index contributed by atoms with van der Waals surface area (Å²) in [7, 11) is 0. The molecule has 3 heteroatoms. The molecule has 2 rings (SSSR count). The van der Waals surface area contributed by atoms with Gasteiger partial charge in [0.15, 0.2) is 0 Å². The first kappa shape index (κ1) is 10.7. The van der Waals surface area contributed by atoms with Crippen molar-refractivity contribution in [2.75, 3.05) is 0 Å². The number of fused-ring (bicyclic) bond motifs is 2. The van der Waals surface area contributed by atoms with Gasteiger partial charge in [0.25, 0.3) is 0 Å². The van der Waals surface area contributed by atoms with Gasteiger partial charge in [0.2, 0.25) is 0 Å². The van der Waals surface area contributed by atoms with Gasteiger partial charge >= 0.3 is 5.97 Å². The standard InChI is InChI=1S/C12H18O3/c1-12(2,3)15-11(14)9-5-7-4-8(9)10(13)6-7/h7-9H,4-6H2,1-3H3/t7-,8+,9-/m1/s1. The summed E-state index contributed by atoms with van der Waals surface area (Å²) < 4.78 is 5.33. The van der Waals surface area contributed by atoms with Gasteiger partial charge in [0, 0.05) is 12.3 Å². The van der Waals surface area contributed by atoms with Gasteiger partial charge in [-0.25, -0.2) is 0 Å². The fourth-order valence-electron chi connectivity index (χ4n) is 2.74. The number of Topliss-reactive ketones (excluding diaryl/α,β-unsaturated/α-hetero) is 1. The lowest BCUT2D eigenvalue weighted by molar-refractivity contribution is -0.163. The Morgan fingerprint density at radius 1 is 1.33 bits per heavy atom. The molecule has 0 aromatic rings. The Morgan fingerprint density at radius 3 is 2.47 bits per heavy atom. The predicted molar refractivity (Wildman–Crippen MR) is 55.2 cm³/mol. The molecule has 0 heterocycles. The highest BCUT2D eigenvalue weighted by atomic mass is 16.6. The lowest BCUT2D eigenvalue weighted by Gasteiger charge is -2.25. The van der Waals surface area contributed by atoms with Crippen molar-refractivity contribution in [2.45, 2.75) is 45.6 Å². The monoisotopic (exact) mass is 210 g/mol. The topological polar surface area (TPSA) is 43.4 Å². The van der Waals surface area contributed by atoms with Crippen molar-refractivity contribution < 1.29 is 14.3 Å². The summed E-state index contributed by atoms with van der Waals surface area (Å²) in [5.74, 6) is 0.338. The van der Waals surface area contributed by atoms with E-state index >= 15 is 0 Å². The molecule has 3 atom stereocenters. The van der Waals surface area contributed by atoms with E-state index in [1.165, 1.54) is 0 Å². The lowest BCUT2D eigenvalue weighted by atomic mass is 9.88. The zero-order valence-electron chi connectivity index (χ0n) is 9.58. The highest BCUT2D eigenvalue weighted by molar-refractivity contribution is 5.90. The molecule has 2 aliphatic rings. The van der Waals surface area contributed by atoms with Crippen LogP contribution in [-0.2, 0) is 14.3 Å². The van der Waals surface area contributed by atoms with Crippen LogP contribution in [0.1, 0.15) is 40.0 Å². The quantitative estimate of drug-likeness (QED) is 0.621. The summed E-state index contributed by atoms with van der Waals surface area (Å²) in [4.78, 5) is 23.3. The van der Waals surface area contributed by atoms with Gasteiger partial charge in [-0.15, -0.1) is 0 Å². The Balaban J connectivity index is 2.01. The van der Waals surface area contributed by atoms with Crippen LogP contribution in [0, 0.1) is 17.8 Å². The first-order valence-electron chi connectivity index (χ1n) is 5.62. The summed E-state index contributed by atoms with van der Waals surface area (Å²) in [6, 6.07) is 0. The summed E-state index contributed by atoms with van der Waals surface area (Å²) in [6.45, 7) is 5.58. The number of rotatable bonds is 1. The fourth-order valence-corrected chi connectivity index (χ4v) is 2.74. The normalized spacial score (nSPS) is 34.6. The molecular formula is C12H18O3. The Hall–Kier alpha value is -0.860. The van der Waals surface area contributed by atoms with E-state index in [0.717, 1.165) is 12.8 Å². The Bertz CT molecular complexity index is 300. The van der Waals surface area contributed by atoms with E-state index in [0.29, 0.717) is 12.3 Å². The van der Waals surface area contributed by atoms with E-state index in [1.807, 2.05) is 20.8 Å². The van der Waals surface area contributed by atoms with Gasteiger partial charge in [-0.2, -0.15) is 0 Å². The first-order valence-corrected chi connectivity index (χ1v) is 5.62. The van der Waals surface area contributed by atoms with E-state index in [2.05, 4.69) is 0 Å². The van der Waals surface area contributed by atoms with E-state index in [9.17, 15) is 9.59 Å². The minimum Gasteiger partial charge on any atom is -0.460 e. The van der Waals surface area contributed by atoms with Crippen molar-refractivity contribution in [3.8, 4) is 0 Å². The average Bonchev–Trinajstić information content (AvgIpc) is 2.58. The number of hydrogen-bond acceptors (Lipinski definition) is 3. The zero-order valence-corrected chi connectivity index (χ0v) is 9.58. The summed E-state index contributed by atoms with van der Waals surface area (Å²) in [5.41, 5.74) is -0.442. The van der Waals surface area contributed by atoms with Crippen LogP contribution in [0.25, 0.3) is 0 Å². The summed E-state index contributed by atoms with van der Waals surface area (Å²) >= 11 is 0. The van der Waals surface area contributed by atoms with Crippen LogP contribution in [-0.4, -0.2) is 17.4 Å². The maximum absolute atomic E-state index is 11.8. The second-order valence-electron chi connectivity index (χ2n) is 5.75. The molecule has 2 fully saturated rings.